The minimum Gasteiger partial charge on any atom is -0.496 e. The Kier molecular flexibility index (Phi) is 4.70. The van der Waals surface area contributed by atoms with E-state index in [9.17, 15) is 5.11 Å². The minimum atomic E-state index is -0.701. The summed E-state index contributed by atoms with van der Waals surface area (Å²) in [6, 6.07) is 11.1. The van der Waals surface area contributed by atoms with Crippen LogP contribution in [0.1, 0.15) is 24.2 Å². The van der Waals surface area contributed by atoms with Gasteiger partial charge in [-0.2, -0.15) is 0 Å². The first-order valence-corrected chi connectivity index (χ1v) is 6.74. The van der Waals surface area contributed by atoms with E-state index in [4.69, 9.17) is 14.2 Å². The van der Waals surface area contributed by atoms with E-state index in [2.05, 4.69) is 0 Å². The second-order valence-corrected chi connectivity index (χ2v) is 4.80. The maximum atomic E-state index is 9.97. The van der Waals surface area contributed by atoms with Crippen molar-refractivity contribution >= 4 is 0 Å². The van der Waals surface area contributed by atoms with Gasteiger partial charge in [0.15, 0.2) is 11.5 Å². The predicted octanol–water partition coefficient (Wildman–Crippen LogP) is 3.86. The third kappa shape index (κ3) is 3.28. The van der Waals surface area contributed by atoms with Crippen LogP contribution in [-0.4, -0.2) is 19.3 Å². The number of aliphatic hydroxyl groups is 1. The van der Waals surface area contributed by atoms with Gasteiger partial charge in [-0.25, -0.2) is 0 Å². The summed E-state index contributed by atoms with van der Waals surface area (Å²) in [7, 11) is 3.17. The Hall–Kier alpha value is -2.20. The highest BCUT2D eigenvalue weighted by molar-refractivity contribution is 5.51. The molecule has 0 amide bonds. The molecule has 2 aromatic rings. The van der Waals surface area contributed by atoms with E-state index < -0.39 is 6.10 Å². The number of benzene rings is 2. The van der Waals surface area contributed by atoms with E-state index >= 15 is 0 Å². The molecule has 0 unspecified atom stereocenters. The summed E-state index contributed by atoms with van der Waals surface area (Å²) in [5.41, 5.74) is 1.70. The van der Waals surface area contributed by atoms with Crippen molar-refractivity contribution in [3.63, 3.8) is 0 Å². The first kappa shape index (κ1) is 15.2. The van der Waals surface area contributed by atoms with Crippen LogP contribution < -0.4 is 14.2 Å². The van der Waals surface area contributed by atoms with E-state index in [1.165, 1.54) is 0 Å². The third-order valence-electron chi connectivity index (χ3n) is 3.20. The summed E-state index contributed by atoms with van der Waals surface area (Å²) in [6.07, 6.45) is -0.701. The molecule has 0 saturated heterocycles. The van der Waals surface area contributed by atoms with Gasteiger partial charge in [-0.3, -0.25) is 0 Å². The lowest BCUT2D eigenvalue weighted by atomic mass is 10.1. The highest BCUT2D eigenvalue weighted by Crippen LogP contribution is 2.39. The number of rotatable bonds is 5. The average Bonchev–Trinajstić information content (AvgIpc) is 2.48. The number of aliphatic hydroxyl groups excluding tert-OH is 1. The number of ether oxygens (including phenoxy) is 3. The van der Waals surface area contributed by atoms with Gasteiger partial charge >= 0.3 is 0 Å². The summed E-state index contributed by atoms with van der Waals surface area (Å²) >= 11 is 0. The van der Waals surface area contributed by atoms with Crippen LogP contribution in [0.2, 0.25) is 0 Å². The van der Waals surface area contributed by atoms with Crippen molar-refractivity contribution in [2.45, 2.75) is 20.0 Å². The molecule has 0 spiro atoms. The van der Waals surface area contributed by atoms with Gasteiger partial charge in [-0.05, 0) is 43.7 Å². The maximum absolute atomic E-state index is 9.97. The van der Waals surface area contributed by atoms with Crippen LogP contribution in [0.4, 0.5) is 0 Å². The smallest absolute Gasteiger partial charge is 0.169 e. The lowest BCUT2D eigenvalue weighted by molar-refractivity contribution is 0.190. The molecule has 2 rings (SSSR count). The number of aryl methyl sites for hydroxylation is 1. The molecule has 0 aliphatic rings. The SMILES string of the molecule is COc1cc(C)ccc1Oc1cccc(OC)c1[C@@H](C)O. The Morgan fingerprint density at radius 2 is 1.57 bits per heavy atom. The molecule has 2 aromatic carbocycles. The molecule has 0 bridgehead atoms. The molecule has 4 nitrogen and oxygen atoms in total. The summed E-state index contributed by atoms with van der Waals surface area (Å²) in [5.74, 6) is 2.38. The molecule has 1 atom stereocenters. The van der Waals surface area contributed by atoms with E-state index in [0.29, 0.717) is 28.6 Å². The van der Waals surface area contributed by atoms with Crippen LogP contribution in [0.15, 0.2) is 36.4 Å². The molecule has 0 radical (unpaired) electrons. The molecule has 21 heavy (non-hydrogen) atoms. The van der Waals surface area contributed by atoms with Crippen LogP contribution >= 0.6 is 0 Å². The normalized spacial score (nSPS) is 11.9. The quantitative estimate of drug-likeness (QED) is 0.907. The van der Waals surface area contributed by atoms with Crippen molar-refractivity contribution < 1.29 is 19.3 Å². The minimum absolute atomic E-state index is 0.548. The number of hydrogen-bond donors (Lipinski definition) is 1. The van der Waals surface area contributed by atoms with Gasteiger partial charge in [0.05, 0.1) is 25.9 Å². The fraction of sp³-hybridized carbons (Fsp3) is 0.294. The van der Waals surface area contributed by atoms with Crippen molar-refractivity contribution in [3.05, 3.63) is 47.5 Å². The topological polar surface area (TPSA) is 47.9 Å². The Bertz CT molecular complexity index is 620. The molecule has 0 aliphatic carbocycles. The maximum Gasteiger partial charge on any atom is 0.169 e. The van der Waals surface area contributed by atoms with Crippen molar-refractivity contribution in [3.8, 4) is 23.0 Å². The van der Waals surface area contributed by atoms with Gasteiger partial charge in [0, 0.05) is 0 Å². The molecule has 4 heteroatoms. The standard InChI is InChI=1S/C17H20O4/c1-11-8-9-13(16(10-11)20-4)21-15-7-5-6-14(19-3)17(15)12(2)18/h5-10,12,18H,1-4H3/t12-/m1/s1. The van der Waals surface area contributed by atoms with Crippen LogP contribution in [0.3, 0.4) is 0 Å². The summed E-state index contributed by atoms with van der Waals surface area (Å²) in [5, 5.41) is 9.97. The molecule has 112 valence electrons. The van der Waals surface area contributed by atoms with Gasteiger partial charge < -0.3 is 19.3 Å². The second-order valence-electron chi connectivity index (χ2n) is 4.80. The van der Waals surface area contributed by atoms with Gasteiger partial charge in [-0.1, -0.05) is 12.1 Å². The van der Waals surface area contributed by atoms with E-state index in [1.54, 1.807) is 33.3 Å². The first-order chi connectivity index (χ1) is 10.1. The van der Waals surface area contributed by atoms with E-state index in [0.717, 1.165) is 5.56 Å². The Balaban J connectivity index is 2.44. The second kappa shape index (κ2) is 6.50. The van der Waals surface area contributed by atoms with Crippen molar-refractivity contribution in [2.75, 3.05) is 14.2 Å². The fourth-order valence-corrected chi connectivity index (χ4v) is 2.18. The largest absolute Gasteiger partial charge is 0.496 e. The summed E-state index contributed by atoms with van der Waals surface area (Å²) in [6.45, 7) is 3.66. The van der Waals surface area contributed by atoms with E-state index in [-0.39, 0.29) is 0 Å². The van der Waals surface area contributed by atoms with Gasteiger partial charge in [-0.15, -0.1) is 0 Å². The molecule has 0 fully saturated rings. The molecule has 0 saturated carbocycles. The zero-order chi connectivity index (χ0) is 15.4. The lowest BCUT2D eigenvalue weighted by Crippen LogP contribution is -2.00. The van der Waals surface area contributed by atoms with Crippen molar-refractivity contribution in [1.29, 1.82) is 0 Å². The summed E-state index contributed by atoms with van der Waals surface area (Å²) in [4.78, 5) is 0. The molecule has 0 heterocycles. The molecule has 1 N–H and O–H groups in total. The Morgan fingerprint density at radius 3 is 2.19 bits per heavy atom. The number of hydrogen-bond acceptors (Lipinski definition) is 4. The van der Waals surface area contributed by atoms with Gasteiger partial charge in [0.25, 0.3) is 0 Å². The first-order valence-electron chi connectivity index (χ1n) is 6.74. The van der Waals surface area contributed by atoms with Crippen molar-refractivity contribution in [2.24, 2.45) is 0 Å². The highest BCUT2D eigenvalue weighted by Gasteiger charge is 2.17. The highest BCUT2D eigenvalue weighted by atomic mass is 16.5. The van der Waals surface area contributed by atoms with Crippen LogP contribution in [0.5, 0.6) is 23.0 Å². The Morgan fingerprint density at radius 1 is 0.905 bits per heavy atom. The third-order valence-corrected chi connectivity index (χ3v) is 3.20. The van der Waals surface area contributed by atoms with Crippen LogP contribution in [-0.2, 0) is 0 Å². The van der Waals surface area contributed by atoms with E-state index in [1.807, 2.05) is 31.2 Å². The fourth-order valence-electron chi connectivity index (χ4n) is 2.18. The molecule has 0 aliphatic heterocycles. The number of methoxy groups -OCH3 is 2. The molecular formula is C17H20O4. The molecule has 0 aromatic heterocycles. The predicted molar refractivity (Wildman–Crippen MR) is 81.4 cm³/mol. The Labute approximate surface area is 124 Å². The average molecular weight is 288 g/mol. The zero-order valence-electron chi connectivity index (χ0n) is 12.7. The lowest BCUT2D eigenvalue weighted by Gasteiger charge is -2.17. The molecular weight excluding hydrogens is 268 g/mol. The van der Waals surface area contributed by atoms with Gasteiger partial charge in [0.2, 0.25) is 0 Å². The van der Waals surface area contributed by atoms with Crippen LogP contribution in [0.25, 0.3) is 0 Å². The zero-order valence-corrected chi connectivity index (χ0v) is 12.7. The monoisotopic (exact) mass is 288 g/mol. The van der Waals surface area contributed by atoms with Crippen molar-refractivity contribution in [1.82, 2.24) is 0 Å². The van der Waals surface area contributed by atoms with Crippen LogP contribution in [0, 0.1) is 6.92 Å². The summed E-state index contributed by atoms with van der Waals surface area (Å²) < 4.78 is 16.6. The van der Waals surface area contributed by atoms with Gasteiger partial charge in [0.1, 0.15) is 11.5 Å².